The molecule has 0 bridgehead atoms. The van der Waals surface area contributed by atoms with Gasteiger partial charge in [0.05, 0.1) is 25.4 Å². The summed E-state index contributed by atoms with van der Waals surface area (Å²) in [5, 5.41) is 19.8. The van der Waals surface area contributed by atoms with Gasteiger partial charge in [-0.3, -0.25) is 37.7 Å². The van der Waals surface area contributed by atoms with E-state index in [9.17, 15) is 66.6 Å². The number of phosphoric ester groups is 2. The summed E-state index contributed by atoms with van der Waals surface area (Å²) in [7, 11) is -33.1. The molecule has 320 valence electrons. The van der Waals surface area contributed by atoms with Gasteiger partial charge in [0, 0.05) is 37.4 Å². The van der Waals surface area contributed by atoms with Crippen LogP contribution in [0, 0.1) is 0 Å². The van der Waals surface area contributed by atoms with E-state index >= 15 is 0 Å². The van der Waals surface area contributed by atoms with Crippen molar-refractivity contribution in [3.05, 3.63) is 66.2 Å². The SMILES string of the molecule is O=c1ccn([C@H]2C[C@H](O)[C@@H](COP(=O)(O)OP(=O)(O)OP(=O)(O)O)O2)c(=O)[nH]1.O=c1ccn([C@H]2C[C@H](O)[C@@H](COP(=O)(O)OP(=O)(O)OP(=O)(O)O)O2)c(=O)[nH]1. The molecule has 2 fully saturated rings. The van der Waals surface area contributed by atoms with Crippen LogP contribution in [-0.4, -0.2) is 106 Å². The molecule has 10 atom stereocenters. The first kappa shape index (κ1) is 48.4. The molecule has 2 aliphatic heterocycles. The van der Waals surface area contributed by atoms with Crippen molar-refractivity contribution >= 4 is 46.9 Å². The van der Waals surface area contributed by atoms with Crippen molar-refractivity contribution in [3.8, 4) is 0 Å². The van der Waals surface area contributed by atoms with Gasteiger partial charge in [-0.2, -0.15) is 17.2 Å². The van der Waals surface area contributed by atoms with Crippen LogP contribution in [0.1, 0.15) is 25.3 Å². The molecule has 4 unspecified atom stereocenters. The van der Waals surface area contributed by atoms with E-state index in [2.05, 4.69) is 26.3 Å². The molecule has 12 N–H and O–H groups in total. The number of hydrogen-bond donors (Lipinski definition) is 12. The summed E-state index contributed by atoms with van der Waals surface area (Å²) in [6.07, 6.45) is -5.48. The largest absolute Gasteiger partial charge is 0.490 e. The van der Waals surface area contributed by atoms with Gasteiger partial charge in [-0.05, 0) is 0 Å². The third-order valence-corrected chi connectivity index (χ3v) is 14.0. The first-order valence-corrected chi connectivity index (χ1v) is 23.3. The van der Waals surface area contributed by atoms with Crippen LogP contribution < -0.4 is 22.5 Å². The highest BCUT2D eigenvalue weighted by Crippen LogP contribution is 2.67. The Labute approximate surface area is 307 Å². The van der Waals surface area contributed by atoms with Gasteiger partial charge in [0.15, 0.2) is 0 Å². The summed E-state index contributed by atoms with van der Waals surface area (Å²) in [4.78, 5) is 120. The smallest absolute Gasteiger partial charge is 0.390 e. The minimum atomic E-state index is -5.67. The Balaban J connectivity index is 0.000000300. The molecular weight excluding hydrogens is 906 g/mol. The molecule has 4 rings (SSSR count). The summed E-state index contributed by atoms with van der Waals surface area (Å²) in [6, 6.07) is 2.05. The summed E-state index contributed by atoms with van der Waals surface area (Å²) in [5.74, 6) is 0. The molecular formula is C18H30N4O28P6. The average Bonchev–Trinajstić information content (AvgIpc) is 3.52. The molecule has 0 saturated carbocycles. The minimum Gasteiger partial charge on any atom is -0.390 e. The maximum Gasteiger partial charge on any atom is 0.490 e. The molecule has 32 nitrogen and oxygen atoms in total. The van der Waals surface area contributed by atoms with Crippen molar-refractivity contribution in [3.63, 3.8) is 0 Å². The number of nitrogens with one attached hydrogen (secondary N) is 2. The van der Waals surface area contributed by atoms with Crippen LogP contribution in [0.2, 0.25) is 0 Å². The van der Waals surface area contributed by atoms with Gasteiger partial charge in [0.1, 0.15) is 24.7 Å². The Hall–Kier alpha value is -1.98. The van der Waals surface area contributed by atoms with E-state index in [0.717, 1.165) is 33.7 Å². The number of phosphoric acid groups is 6. The zero-order valence-electron chi connectivity index (χ0n) is 27.0. The Morgan fingerprint density at radius 2 is 0.893 bits per heavy atom. The third-order valence-electron chi connectivity index (χ3n) is 6.37. The van der Waals surface area contributed by atoms with Crippen molar-refractivity contribution in [2.45, 2.75) is 49.7 Å². The number of hydrogen-bond acceptors (Lipinski definition) is 20. The number of ether oxygens (including phenoxy) is 2. The summed E-state index contributed by atoms with van der Waals surface area (Å²) < 4.78 is 102. The standard InChI is InChI=1S/2C9H15N2O14P3/c2*12-5-3-8(11-2-1-7(13)10-9(11)14)23-6(5)4-22-27(18,19)25-28(20,21)24-26(15,16)17/h2*1-2,5-6,8,12H,3-4H2,(H,18,19)(H,20,21)(H,10,13,14)(H2,15,16,17)/t2*5-,6+,8+/m00/s1. The number of nitrogens with zero attached hydrogens (tertiary/aromatic N) is 2. The molecule has 2 aromatic heterocycles. The van der Waals surface area contributed by atoms with Crippen LogP contribution in [0.25, 0.3) is 0 Å². The van der Waals surface area contributed by atoms with Crippen LogP contribution in [0.3, 0.4) is 0 Å². The van der Waals surface area contributed by atoms with E-state index < -0.39 is 120 Å². The molecule has 38 heteroatoms. The second-order valence-corrected chi connectivity index (χ2v) is 19.5. The van der Waals surface area contributed by atoms with E-state index in [1.165, 1.54) is 0 Å². The van der Waals surface area contributed by atoms with Gasteiger partial charge in [0.2, 0.25) is 0 Å². The quantitative estimate of drug-likeness (QED) is 0.0749. The second kappa shape index (κ2) is 18.5. The maximum atomic E-state index is 11.7. The fourth-order valence-electron chi connectivity index (χ4n) is 4.32. The van der Waals surface area contributed by atoms with Crippen LogP contribution in [0.5, 0.6) is 0 Å². The van der Waals surface area contributed by atoms with E-state index in [1.807, 2.05) is 9.97 Å². The van der Waals surface area contributed by atoms with Crippen LogP contribution >= 0.6 is 46.9 Å². The highest BCUT2D eigenvalue weighted by molar-refractivity contribution is 7.67. The van der Waals surface area contributed by atoms with Crippen molar-refractivity contribution < 1.29 is 113 Å². The lowest BCUT2D eigenvalue weighted by Gasteiger charge is -2.19. The van der Waals surface area contributed by atoms with Gasteiger partial charge < -0.3 is 58.8 Å². The lowest BCUT2D eigenvalue weighted by Crippen LogP contribution is -2.31. The van der Waals surface area contributed by atoms with Crippen LogP contribution in [0.4, 0.5) is 0 Å². The summed E-state index contributed by atoms with van der Waals surface area (Å²) in [5.41, 5.74) is -3.00. The van der Waals surface area contributed by atoms with Crippen molar-refractivity contribution in [1.82, 2.24) is 19.1 Å². The molecule has 0 amide bonds. The molecule has 4 heterocycles. The van der Waals surface area contributed by atoms with Gasteiger partial charge in [-0.1, -0.05) is 0 Å². The zero-order valence-corrected chi connectivity index (χ0v) is 32.4. The Bertz CT molecular complexity index is 2090. The maximum absolute atomic E-state index is 11.7. The average molecular weight is 936 g/mol. The van der Waals surface area contributed by atoms with E-state index in [1.54, 1.807) is 0 Å². The fourth-order valence-corrected chi connectivity index (χ4v) is 10.4. The Kier molecular flexibility index (Phi) is 16.0. The number of aliphatic hydroxyl groups excluding tert-OH is 2. The first-order chi connectivity index (χ1) is 25.3. The lowest BCUT2D eigenvalue weighted by atomic mass is 10.2. The molecule has 2 aliphatic rings. The van der Waals surface area contributed by atoms with Crippen LogP contribution in [-0.2, 0) is 63.2 Å². The van der Waals surface area contributed by atoms with E-state index in [-0.39, 0.29) is 12.8 Å². The normalized spacial score (nSPS) is 27.2. The highest BCUT2D eigenvalue weighted by atomic mass is 31.3. The lowest BCUT2D eigenvalue weighted by molar-refractivity contribution is -0.0450. The number of aliphatic hydroxyl groups is 2. The molecule has 2 saturated heterocycles. The topological polar surface area (TPSA) is 488 Å². The van der Waals surface area contributed by atoms with Gasteiger partial charge in [0.25, 0.3) is 11.1 Å². The molecule has 0 radical (unpaired) electrons. The van der Waals surface area contributed by atoms with Crippen molar-refractivity contribution in [2.75, 3.05) is 13.2 Å². The fraction of sp³-hybridized carbons (Fsp3) is 0.556. The summed E-state index contributed by atoms with van der Waals surface area (Å²) in [6.45, 7) is -1.75. The van der Waals surface area contributed by atoms with Gasteiger partial charge in [-0.15, -0.1) is 0 Å². The number of aromatic nitrogens is 4. The monoisotopic (exact) mass is 936 g/mol. The van der Waals surface area contributed by atoms with Gasteiger partial charge >= 0.3 is 58.3 Å². The predicted molar refractivity (Wildman–Crippen MR) is 171 cm³/mol. The zero-order chi connectivity index (χ0) is 42.7. The number of H-pyrrole nitrogens is 2. The number of aromatic amines is 2. The van der Waals surface area contributed by atoms with Crippen LogP contribution in [0.15, 0.2) is 43.7 Å². The molecule has 0 aliphatic carbocycles. The molecule has 0 aromatic carbocycles. The third kappa shape index (κ3) is 16.0. The molecule has 0 spiro atoms. The second-order valence-electron chi connectivity index (χ2n) is 10.7. The molecule has 56 heavy (non-hydrogen) atoms. The highest BCUT2D eigenvalue weighted by Gasteiger charge is 2.44. The van der Waals surface area contributed by atoms with E-state index in [4.69, 9.17) is 38.8 Å². The summed E-state index contributed by atoms with van der Waals surface area (Å²) >= 11 is 0. The van der Waals surface area contributed by atoms with Crippen molar-refractivity contribution in [2.24, 2.45) is 0 Å². The Morgan fingerprint density at radius 1 is 0.571 bits per heavy atom. The molecule has 2 aromatic rings. The predicted octanol–water partition coefficient (Wildman–Crippen LogP) is -2.94. The van der Waals surface area contributed by atoms with Gasteiger partial charge in [-0.25, -0.2) is 37.0 Å². The first-order valence-electron chi connectivity index (χ1n) is 14.2. The van der Waals surface area contributed by atoms with Crippen molar-refractivity contribution in [1.29, 1.82) is 0 Å². The van der Waals surface area contributed by atoms with E-state index in [0.29, 0.717) is 0 Å². The Morgan fingerprint density at radius 3 is 1.18 bits per heavy atom. The number of rotatable bonds is 16. The minimum absolute atomic E-state index is 0.170.